The first-order valence-corrected chi connectivity index (χ1v) is 14.9. The molecule has 222 valence electrons. The van der Waals surface area contributed by atoms with E-state index in [0.29, 0.717) is 35.5 Å². The normalized spacial score (nSPS) is 16.2. The predicted octanol–water partition coefficient (Wildman–Crippen LogP) is 1.60. The Morgan fingerprint density at radius 1 is 1.02 bits per heavy atom. The minimum absolute atomic E-state index is 0.0573. The van der Waals surface area contributed by atoms with E-state index < -0.39 is 28.0 Å². The number of aryl methyl sites for hydroxylation is 1. The van der Waals surface area contributed by atoms with Gasteiger partial charge in [-0.2, -0.15) is 4.98 Å². The SMILES string of the molecule is Cc1cc(N2CCN(C(=O)NS(=O)(=O)c3ccccc3)C(C(=O)NCc3ccc4c(c3)OCO4)C2)nc(-n2ccnc2)n1. The van der Waals surface area contributed by atoms with E-state index >= 15 is 0 Å². The second-order valence-electron chi connectivity index (χ2n) is 9.92. The van der Waals surface area contributed by atoms with Gasteiger partial charge < -0.3 is 24.6 Å². The highest BCUT2D eigenvalue weighted by atomic mass is 32.2. The summed E-state index contributed by atoms with van der Waals surface area (Å²) in [4.78, 5) is 43.2. The lowest BCUT2D eigenvalue weighted by atomic mass is 10.1. The average Bonchev–Trinajstić information content (AvgIpc) is 3.72. The van der Waals surface area contributed by atoms with E-state index in [9.17, 15) is 18.0 Å². The van der Waals surface area contributed by atoms with Crippen molar-refractivity contribution < 1.29 is 27.5 Å². The molecular weight excluding hydrogens is 576 g/mol. The number of rotatable bonds is 7. The lowest BCUT2D eigenvalue weighted by molar-refractivity contribution is -0.125. The molecular formula is C28H28N8O6S. The second-order valence-corrected chi connectivity index (χ2v) is 11.6. The Morgan fingerprint density at radius 2 is 1.84 bits per heavy atom. The van der Waals surface area contributed by atoms with Gasteiger partial charge in [0.25, 0.3) is 10.0 Å². The highest BCUT2D eigenvalue weighted by Gasteiger charge is 2.37. The molecule has 1 atom stereocenters. The number of aromatic nitrogens is 4. The third kappa shape index (κ3) is 6.06. The number of piperazine rings is 1. The van der Waals surface area contributed by atoms with Crippen LogP contribution in [-0.2, 0) is 21.4 Å². The first kappa shape index (κ1) is 28.0. The number of benzene rings is 2. The van der Waals surface area contributed by atoms with E-state index in [0.717, 1.165) is 5.56 Å². The summed E-state index contributed by atoms with van der Waals surface area (Å²) in [7, 11) is -4.16. The van der Waals surface area contributed by atoms with Crippen LogP contribution >= 0.6 is 0 Å². The molecule has 0 spiro atoms. The van der Waals surface area contributed by atoms with Gasteiger partial charge in [0.1, 0.15) is 18.2 Å². The van der Waals surface area contributed by atoms with Gasteiger partial charge in [0.2, 0.25) is 18.6 Å². The van der Waals surface area contributed by atoms with Gasteiger partial charge in [-0.1, -0.05) is 24.3 Å². The Balaban J connectivity index is 1.24. The molecule has 1 saturated heterocycles. The number of nitrogens with one attached hydrogen (secondary N) is 2. The lowest BCUT2D eigenvalue weighted by Gasteiger charge is -2.40. The number of fused-ring (bicyclic) bond motifs is 1. The fourth-order valence-corrected chi connectivity index (χ4v) is 5.82. The number of hydrogen-bond donors (Lipinski definition) is 2. The van der Waals surface area contributed by atoms with Crippen LogP contribution in [0.5, 0.6) is 11.5 Å². The van der Waals surface area contributed by atoms with E-state index in [-0.39, 0.29) is 31.3 Å². The maximum atomic E-state index is 13.6. The van der Waals surface area contributed by atoms with Crippen molar-refractivity contribution in [2.24, 2.45) is 0 Å². The molecule has 4 aromatic rings. The first-order valence-electron chi connectivity index (χ1n) is 13.4. The molecule has 0 bridgehead atoms. The molecule has 43 heavy (non-hydrogen) atoms. The summed E-state index contributed by atoms with van der Waals surface area (Å²) < 4.78 is 40.4. The molecule has 14 nitrogen and oxygen atoms in total. The smallest absolute Gasteiger partial charge is 0.332 e. The van der Waals surface area contributed by atoms with Gasteiger partial charge in [0.05, 0.1) is 4.90 Å². The van der Waals surface area contributed by atoms with Crippen molar-refractivity contribution in [1.82, 2.24) is 34.5 Å². The number of hydrogen-bond acceptors (Lipinski definition) is 10. The maximum Gasteiger partial charge on any atom is 0.332 e. The van der Waals surface area contributed by atoms with Gasteiger partial charge in [-0.25, -0.2) is 27.9 Å². The summed E-state index contributed by atoms with van der Waals surface area (Å²) in [5.41, 5.74) is 1.47. The van der Waals surface area contributed by atoms with Crippen molar-refractivity contribution >= 4 is 27.8 Å². The number of carbonyl (C=O) groups excluding carboxylic acids is 2. The number of sulfonamides is 1. The van der Waals surface area contributed by atoms with Gasteiger partial charge in [-0.05, 0) is 36.8 Å². The number of nitrogens with zero attached hydrogens (tertiary/aromatic N) is 6. The van der Waals surface area contributed by atoms with Crippen molar-refractivity contribution in [2.45, 2.75) is 24.4 Å². The lowest BCUT2D eigenvalue weighted by Crippen LogP contribution is -2.63. The van der Waals surface area contributed by atoms with Crippen molar-refractivity contribution in [1.29, 1.82) is 0 Å². The average molecular weight is 605 g/mol. The van der Waals surface area contributed by atoms with E-state index in [4.69, 9.17) is 9.47 Å². The van der Waals surface area contributed by atoms with Crippen LogP contribution < -0.4 is 24.4 Å². The van der Waals surface area contributed by atoms with Crippen LogP contribution in [0.3, 0.4) is 0 Å². The Hall–Kier alpha value is -5.18. The van der Waals surface area contributed by atoms with E-state index in [1.54, 1.807) is 65.8 Å². The topological polar surface area (TPSA) is 161 Å². The molecule has 1 fully saturated rings. The maximum absolute atomic E-state index is 13.6. The molecule has 3 amide bonds. The molecule has 15 heteroatoms. The summed E-state index contributed by atoms with van der Waals surface area (Å²) >= 11 is 0. The van der Waals surface area contributed by atoms with Crippen LogP contribution in [0, 0.1) is 6.92 Å². The molecule has 2 aromatic carbocycles. The van der Waals surface area contributed by atoms with E-state index in [1.807, 2.05) is 11.8 Å². The van der Waals surface area contributed by atoms with Crippen molar-refractivity contribution in [3.05, 3.63) is 84.6 Å². The summed E-state index contributed by atoms with van der Waals surface area (Å²) in [6.07, 6.45) is 4.92. The molecule has 0 saturated carbocycles. The zero-order chi connectivity index (χ0) is 30.0. The number of anilines is 1. The van der Waals surface area contributed by atoms with Crippen LogP contribution in [0.15, 0.2) is 78.2 Å². The molecule has 2 aliphatic rings. The highest BCUT2D eigenvalue weighted by molar-refractivity contribution is 7.90. The molecule has 2 aromatic heterocycles. The van der Waals surface area contributed by atoms with Crippen molar-refractivity contribution in [3.8, 4) is 17.4 Å². The molecule has 2 N–H and O–H groups in total. The largest absolute Gasteiger partial charge is 0.454 e. The van der Waals surface area contributed by atoms with Crippen LogP contribution in [0.4, 0.5) is 10.6 Å². The third-order valence-electron chi connectivity index (χ3n) is 7.01. The van der Waals surface area contributed by atoms with Gasteiger partial charge in [-0.15, -0.1) is 0 Å². The Morgan fingerprint density at radius 3 is 2.63 bits per heavy atom. The van der Waals surface area contributed by atoms with Crippen LogP contribution in [0.25, 0.3) is 5.95 Å². The fraction of sp³-hybridized carbons (Fsp3) is 0.250. The summed E-state index contributed by atoms with van der Waals surface area (Å²) in [5.74, 6) is 1.70. The van der Waals surface area contributed by atoms with Crippen molar-refractivity contribution in [3.63, 3.8) is 0 Å². The third-order valence-corrected chi connectivity index (χ3v) is 8.35. The van der Waals surface area contributed by atoms with Crippen LogP contribution in [-0.4, -0.2) is 77.2 Å². The first-order chi connectivity index (χ1) is 20.8. The predicted molar refractivity (Wildman–Crippen MR) is 153 cm³/mol. The molecule has 2 aliphatic heterocycles. The van der Waals surface area contributed by atoms with Crippen LogP contribution in [0.1, 0.15) is 11.3 Å². The van der Waals surface area contributed by atoms with E-state index in [1.165, 1.54) is 17.0 Å². The fourth-order valence-electron chi connectivity index (χ4n) is 4.84. The number of imidazole rings is 1. The molecule has 4 heterocycles. The second kappa shape index (κ2) is 11.6. The number of carbonyl (C=O) groups is 2. The summed E-state index contributed by atoms with van der Waals surface area (Å²) in [6, 6.07) is 12.8. The molecule has 6 rings (SSSR count). The molecule has 0 radical (unpaired) electrons. The quantitative estimate of drug-likeness (QED) is 0.317. The zero-order valence-electron chi connectivity index (χ0n) is 23.1. The molecule has 1 unspecified atom stereocenters. The minimum atomic E-state index is -4.16. The minimum Gasteiger partial charge on any atom is -0.454 e. The Bertz CT molecular complexity index is 1750. The molecule has 0 aliphatic carbocycles. The summed E-state index contributed by atoms with van der Waals surface area (Å²) in [5, 5.41) is 2.88. The highest BCUT2D eigenvalue weighted by Crippen LogP contribution is 2.32. The van der Waals surface area contributed by atoms with Crippen LogP contribution in [0.2, 0.25) is 0 Å². The van der Waals surface area contributed by atoms with Gasteiger partial charge in [0, 0.05) is 50.3 Å². The van der Waals surface area contributed by atoms with E-state index in [2.05, 4.69) is 25.0 Å². The number of urea groups is 1. The summed E-state index contributed by atoms with van der Waals surface area (Å²) in [6.45, 7) is 2.53. The van der Waals surface area contributed by atoms with Crippen molar-refractivity contribution in [2.75, 3.05) is 31.3 Å². The Labute approximate surface area is 247 Å². The number of ether oxygens (including phenoxy) is 2. The van der Waals surface area contributed by atoms with Gasteiger partial charge in [0.15, 0.2) is 11.5 Å². The Kier molecular flexibility index (Phi) is 7.54. The monoisotopic (exact) mass is 604 g/mol. The van der Waals surface area contributed by atoms with Gasteiger partial charge >= 0.3 is 6.03 Å². The number of amides is 3. The standard InChI is InChI=1S/C28H28N8O6S/c1-19-13-25(32-27(31-19)35-10-9-29-17-35)34-11-12-36(28(38)33-43(39,40)21-5-3-2-4-6-21)22(16-34)26(37)30-15-20-7-8-23-24(14-20)42-18-41-23/h2-10,13-14,17,22H,11-12,15-16,18H2,1H3,(H,30,37)(H,33,38). The van der Waals surface area contributed by atoms with Gasteiger partial charge in [-0.3, -0.25) is 9.36 Å². The zero-order valence-corrected chi connectivity index (χ0v) is 23.9.